The van der Waals surface area contributed by atoms with E-state index in [0.29, 0.717) is 23.5 Å². The van der Waals surface area contributed by atoms with Gasteiger partial charge in [-0.2, -0.15) is 0 Å². The van der Waals surface area contributed by atoms with Crippen LogP contribution < -0.4 is 5.32 Å². The number of rotatable bonds is 7. The van der Waals surface area contributed by atoms with Crippen LogP contribution in [0.2, 0.25) is 0 Å². The van der Waals surface area contributed by atoms with E-state index in [0.717, 1.165) is 5.56 Å². The third-order valence-corrected chi connectivity index (χ3v) is 7.19. The monoisotopic (exact) mass is 467 g/mol. The number of sulfone groups is 1. The summed E-state index contributed by atoms with van der Waals surface area (Å²) in [5.41, 5.74) is 2.49. The molecule has 0 saturated carbocycles. The Labute approximate surface area is 190 Å². The number of benzene rings is 2. The molecule has 0 spiro atoms. The summed E-state index contributed by atoms with van der Waals surface area (Å²) in [6, 6.07) is 11.2. The Bertz CT molecular complexity index is 1390. The van der Waals surface area contributed by atoms with Crippen molar-refractivity contribution in [1.82, 2.24) is 25.5 Å². The lowest BCUT2D eigenvalue weighted by molar-refractivity contribution is 0.568. The fraction of sp³-hybridized carbons (Fsp3) is 0.217. The molecule has 1 N–H and O–H groups in total. The van der Waals surface area contributed by atoms with Crippen LogP contribution in [0.5, 0.6) is 0 Å². The minimum Gasteiger partial charge on any atom is -0.414 e. The Hall–Kier alpha value is -3.50. The normalized spacial score (nSPS) is 11.8. The minimum atomic E-state index is -3.36. The average Bonchev–Trinajstić information content (AvgIpc) is 3.29. The Morgan fingerprint density at radius 2 is 1.70 bits per heavy atom. The third-order valence-electron chi connectivity index (χ3n) is 5.02. The molecule has 2 heterocycles. The first kappa shape index (κ1) is 22.7. The maximum atomic E-state index is 14.5. The van der Waals surface area contributed by atoms with Gasteiger partial charge in [-0.05, 0) is 50.7 Å². The highest BCUT2D eigenvalue weighted by atomic mass is 32.2. The molecule has 0 bridgehead atoms. The van der Waals surface area contributed by atoms with Crippen LogP contribution in [0.4, 0.5) is 4.39 Å². The summed E-state index contributed by atoms with van der Waals surface area (Å²) in [5, 5.41) is 10.4. The molecule has 33 heavy (non-hydrogen) atoms. The van der Waals surface area contributed by atoms with Gasteiger partial charge in [-0.3, -0.25) is 4.98 Å². The maximum Gasteiger partial charge on any atom is 0.268 e. The Morgan fingerprint density at radius 1 is 1.00 bits per heavy atom. The van der Waals surface area contributed by atoms with Gasteiger partial charge in [0, 0.05) is 12.1 Å². The standard InChI is InChI=1S/C23H22FN5O3S/c1-14(2)33(30,31)17-7-5-16(6-8-17)20-12-26-13-21(27-20)23-29-28-22(32-23)18-9-4-15(11-25-3)10-19(18)24/h4-10,12-14,25H,11H2,1-3H3. The van der Waals surface area contributed by atoms with E-state index in [2.05, 4.69) is 25.5 Å². The number of hydrogen-bond acceptors (Lipinski definition) is 8. The number of nitrogens with zero attached hydrogens (tertiary/aromatic N) is 4. The van der Waals surface area contributed by atoms with Gasteiger partial charge in [-0.1, -0.05) is 18.2 Å². The van der Waals surface area contributed by atoms with Gasteiger partial charge in [0.15, 0.2) is 9.84 Å². The predicted octanol–water partition coefficient (Wildman–Crippen LogP) is 3.90. The van der Waals surface area contributed by atoms with Gasteiger partial charge < -0.3 is 9.73 Å². The van der Waals surface area contributed by atoms with Gasteiger partial charge in [0.1, 0.15) is 11.5 Å². The number of halogens is 1. The van der Waals surface area contributed by atoms with Crippen molar-refractivity contribution in [2.24, 2.45) is 0 Å². The second kappa shape index (κ2) is 9.16. The van der Waals surface area contributed by atoms with Crippen LogP contribution in [0.25, 0.3) is 34.3 Å². The van der Waals surface area contributed by atoms with E-state index in [9.17, 15) is 12.8 Å². The zero-order chi connectivity index (χ0) is 23.6. The molecule has 0 radical (unpaired) electrons. The highest BCUT2D eigenvalue weighted by molar-refractivity contribution is 7.92. The first-order valence-electron chi connectivity index (χ1n) is 10.2. The van der Waals surface area contributed by atoms with Crippen molar-refractivity contribution in [3.05, 3.63) is 66.2 Å². The summed E-state index contributed by atoms with van der Waals surface area (Å²) in [5.74, 6) is -0.333. The highest BCUT2D eigenvalue weighted by Crippen LogP contribution is 2.27. The average molecular weight is 468 g/mol. The van der Waals surface area contributed by atoms with E-state index < -0.39 is 20.9 Å². The van der Waals surface area contributed by atoms with Gasteiger partial charge in [-0.25, -0.2) is 17.8 Å². The van der Waals surface area contributed by atoms with Crippen LogP contribution in [0.1, 0.15) is 19.4 Å². The van der Waals surface area contributed by atoms with Crippen LogP contribution in [0, 0.1) is 5.82 Å². The first-order chi connectivity index (χ1) is 15.8. The lowest BCUT2D eigenvalue weighted by Crippen LogP contribution is -2.13. The molecule has 170 valence electrons. The topological polar surface area (TPSA) is 111 Å². The fourth-order valence-electron chi connectivity index (χ4n) is 3.18. The summed E-state index contributed by atoms with van der Waals surface area (Å²) < 4.78 is 44.8. The maximum absolute atomic E-state index is 14.5. The molecule has 2 aromatic carbocycles. The van der Waals surface area contributed by atoms with Crippen molar-refractivity contribution in [2.45, 2.75) is 30.5 Å². The summed E-state index contributed by atoms with van der Waals surface area (Å²) in [4.78, 5) is 8.92. The Kier molecular flexibility index (Phi) is 6.30. The van der Waals surface area contributed by atoms with E-state index in [1.807, 2.05) is 0 Å². The van der Waals surface area contributed by atoms with Gasteiger partial charge in [-0.15, -0.1) is 10.2 Å². The Morgan fingerprint density at radius 3 is 2.36 bits per heavy atom. The molecule has 4 aromatic rings. The lowest BCUT2D eigenvalue weighted by Gasteiger charge is -2.08. The largest absolute Gasteiger partial charge is 0.414 e. The van der Waals surface area contributed by atoms with Gasteiger partial charge in [0.05, 0.1) is 33.8 Å². The first-order valence-corrected chi connectivity index (χ1v) is 11.8. The van der Waals surface area contributed by atoms with E-state index in [1.165, 1.54) is 12.3 Å². The molecule has 10 heteroatoms. The van der Waals surface area contributed by atoms with E-state index in [1.54, 1.807) is 63.5 Å². The van der Waals surface area contributed by atoms with Crippen molar-refractivity contribution < 1.29 is 17.2 Å². The van der Waals surface area contributed by atoms with Crippen LogP contribution in [-0.2, 0) is 16.4 Å². The second-order valence-electron chi connectivity index (χ2n) is 7.66. The SMILES string of the molecule is CNCc1ccc(-c2nnc(-c3cncc(-c4ccc(S(=O)(=O)C(C)C)cc4)n3)o2)c(F)c1. The van der Waals surface area contributed by atoms with Crippen molar-refractivity contribution in [3.8, 4) is 34.3 Å². The fourth-order valence-corrected chi connectivity index (χ4v) is 4.24. The van der Waals surface area contributed by atoms with E-state index in [-0.39, 0.29) is 22.2 Å². The molecule has 0 unspecified atom stereocenters. The van der Waals surface area contributed by atoms with Crippen LogP contribution in [0.3, 0.4) is 0 Å². The summed E-state index contributed by atoms with van der Waals surface area (Å²) >= 11 is 0. The molecular formula is C23H22FN5O3S. The van der Waals surface area contributed by atoms with Gasteiger partial charge in [0.2, 0.25) is 0 Å². The molecule has 0 aliphatic carbocycles. The smallest absolute Gasteiger partial charge is 0.268 e. The van der Waals surface area contributed by atoms with Crippen molar-refractivity contribution in [1.29, 1.82) is 0 Å². The lowest BCUT2D eigenvalue weighted by atomic mass is 10.1. The van der Waals surface area contributed by atoms with Crippen molar-refractivity contribution in [2.75, 3.05) is 7.05 Å². The van der Waals surface area contributed by atoms with E-state index in [4.69, 9.17) is 4.42 Å². The molecule has 4 rings (SSSR count). The second-order valence-corrected chi connectivity index (χ2v) is 10.2. The molecule has 0 amide bonds. The van der Waals surface area contributed by atoms with Crippen LogP contribution >= 0.6 is 0 Å². The van der Waals surface area contributed by atoms with Crippen LogP contribution in [-0.4, -0.2) is 40.9 Å². The highest BCUT2D eigenvalue weighted by Gasteiger charge is 2.19. The van der Waals surface area contributed by atoms with E-state index >= 15 is 0 Å². The predicted molar refractivity (Wildman–Crippen MR) is 121 cm³/mol. The molecule has 0 aliphatic rings. The van der Waals surface area contributed by atoms with Gasteiger partial charge in [0.25, 0.3) is 11.8 Å². The molecule has 0 aliphatic heterocycles. The number of nitrogens with one attached hydrogen (secondary N) is 1. The molecule has 0 saturated heterocycles. The molecular weight excluding hydrogens is 445 g/mol. The van der Waals surface area contributed by atoms with Gasteiger partial charge >= 0.3 is 0 Å². The molecule has 2 aromatic heterocycles. The molecule has 0 atom stereocenters. The number of aromatic nitrogens is 4. The van der Waals surface area contributed by atoms with Crippen molar-refractivity contribution >= 4 is 9.84 Å². The van der Waals surface area contributed by atoms with Crippen LogP contribution in [0.15, 0.2) is 64.2 Å². The summed E-state index contributed by atoms with van der Waals surface area (Å²) in [7, 11) is -1.58. The van der Waals surface area contributed by atoms with Crippen molar-refractivity contribution in [3.63, 3.8) is 0 Å². The molecule has 0 fully saturated rings. The Balaban J connectivity index is 1.61. The zero-order valence-electron chi connectivity index (χ0n) is 18.3. The third kappa shape index (κ3) is 4.67. The summed E-state index contributed by atoms with van der Waals surface area (Å²) in [6.07, 6.45) is 3.01. The summed E-state index contributed by atoms with van der Waals surface area (Å²) in [6.45, 7) is 3.82. The quantitative estimate of drug-likeness (QED) is 0.436. The number of hydrogen-bond donors (Lipinski definition) is 1. The molecule has 8 nitrogen and oxygen atoms in total. The zero-order valence-corrected chi connectivity index (χ0v) is 19.1. The minimum absolute atomic E-state index is 0.0361.